The Hall–Kier alpha value is -3.68. The number of hydrogen-bond donors (Lipinski definition) is 1. The first-order valence-electron chi connectivity index (χ1n) is 9.41. The molecule has 0 saturated carbocycles. The van der Waals surface area contributed by atoms with Crippen LogP contribution < -0.4 is 10.1 Å². The molecule has 1 atom stereocenters. The largest absolute Gasteiger partial charge is 0.495 e. The average molecular weight is 410 g/mol. The second kappa shape index (κ2) is 8.77. The minimum absolute atomic E-state index is 0.245. The summed E-state index contributed by atoms with van der Waals surface area (Å²) in [6.45, 7) is 2.83. The van der Waals surface area contributed by atoms with Crippen LogP contribution in [0.1, 0.15) is 34.6 Å². The van der Waals surface area contributed by atoms with Gasteiger partial charge in [0.1, 0.15) is 11.8 Å². The summed E-state index contributed by atoms with van der Waals surface area (Å²) in [6, 6.07) is 12.0. The molecular formula is C22H22N2O6. The Kier molecular flexibility index (Phi) is 6.15. The molecule has 3 amide bonds. The van der Waals surface area contributed by atoms with Crippen molar-refractivity contribution >= 4 is 29.4 Å². The zero-order valence-corrected chi connectivity index (χ0v) is 16.9. The Bertz CT molecular complexity index is 966. The second-order valence-electron chi connectivity index (χ2n) is 7.07. The first-order valence-corrected chi connectivity index (χ1v) is 9.41. The number of amides is 3. The number of ether oxygens (including phenoxy) is 2. The van der Waals surface area contributed by atoms with Crippen LogP contribution in [0.2, 0.25) is 0 Å². The Labute approximate surface area is 173 Å². The molecule has 0 aliphatic carbocycles. The number of fused-ring (bicyclic) bond motifs is 1. The van der Waals surface area contributed by atoms with Crippen molar-refractivity contribution in [3.8, 4) is 5.75 Å². The molecule has 1 N–H and O–H groups in total. The predicted octanol–water partition coefficient (Wildman–Crippen LogP) is 2.50. The number of nitrogens with one attached hydrogen (secondary N) is 1. The fraction of sp³-hybridized carbons (Fsp3) is 0.273. The smallest absolute Gasteiger partial charge is 0.330 e. The van der Waals surface area contributed by atoms with E-state index in [1.165, 1.54) is 7.11 Å². The van der Waals surface area contributed by atoms with Crippen molar-refractivity contribution in [2.75, 3.05) is 19.0 Å². The molecule has 2 aromatic carbocycles. The fourth-order valence-electron chi connectivity index (χ4n) is 3.29. The van der Waals surface area contributed by atoms with E-state index in [1.807, 2.05) is 0 Å². The van der Waals surface area contributed by atoms with E-state index >= 15 is 0 Å². The third-order valence-electron chi connectivity index (χ3n) is 4.70. The van der Waals surface area contributed by atoms with Gasteiger partial charge in [0.2, 0.25) is 0 Å². The van der Waals surface area contributed by atoms with Gasteiger partial charge in [-0.25, -0.2) is 4.79 Å². The molecule has 3 rings (SSSR count). The Morgan fingerprint density at radius 3 is 2.10 bits per heavy atom. The van der Waals surface area contributed by atoms with Crippen LogP contribution in [0.3, 0.4) is 0 Å². The molecule has 156 valence electrons. The number of rotatable bonds is 7. The molecule has 0 spiro atoms. The maximum Gasteiger partial charge on any atom is 0.330 e. The number of anilines is 1. The molecule has 1 heterocycles. The predicted molar refractivity (Wildman–Crippen MR) is 108 cm³/mol. The quantitative estimate of drug-likeness (QED) is 0.556. The monoisotopic (exact) mass is 410 g/mol. The van der Waals surface area contributed by atoms with E-state index in [2.05, 4.69) is 5.32 Å². The molecule has 8 heteroatoms. The number of carbonyl (C=O) groups excluding carboxylic acids is 4. The summed E-state index contributed by atoms with van der Waals surface area (Å²) in [7, 11) is 1.47. The lowest BCUT2D eigenvalue weighted by molar-refractivity contribution is -0.152. The van der Waals surface area contributed by atoms with Crippen LogP contribution in [-0.4, -0.2) is 48.3 Å². The van der Waals surface area contributed by atoms with Gasteiger partial charge in [-0.3, -0.25) is 19.3 Å². The minimum atomic E-state index is -1.14. The molecule has 1 aliphatic heterocycles. The molecule has 0 bridgehead atoms. The zero-order chi connectivity index (χ0) is 21.8. The summed E-state index contributed by atoms with van der Waals surface area (Å²) in [5.74, 6) is -2.44. The highest BCUT2D eigenvalue weighted by atomic mass is 16.5. The molecule has 0 unspecified atom stereocenters. The third-order valence-corrected chi connectivity index (χ3v) is 4.70. The van der Waals surface area contributed by atoms with Crippen molar-refractivity contribution in [1.82, 2.24) is 4.90 Å². The van der Waals surface area contributed by atoms with Gasteiger partial charge in [0.25, 0.3) is 17.7 Å². The number of para-hydroxylation sites is 2. The van der Waals surface area contributed by atoms with E-state index in [9.17, 15) is 19.2 Å². The van der Waals surface area contributed by atoms with Crippen molar-refractivity contribution in [3.05, 3.63) is 59.7 Å². The summed E-state index contributed by atoms with van der Waals surface area (Å²) >= 11 is 0. The van der Waals surface area contributed by atoms with Crippen molar-refractivity contribution in [2.24, 2.45) is 5.92 Å². The Morgan fingerprint density at radius 1 is 0.967 bits per heavy atom. The highest BCUT2D eigenvalue weighted by molar-refractivity contribution is 6.22. The number of imide groups is 1. The highest BCUT2D eigenvalue weighted by Crippen LogP contribution is 2.28. The molecule has 30 heavy (non-hydrogen) atoms. The minimum Gasteiger partial charge on any atom is -0.495 e. The molecule has 0 saturated heterocycles. The molecular weight excluding hydrogens is 388 g/mol. The lowest BCUT2D eigenvalue weighted by Crippen LogP contribution is -2.49. The summed E-state index contributed by atoms with van der Waals surface area (Å²) in [5, 5.41) is 2.60. The lowest BCUT2D eigenvalue weighted by Gasteiger charge is -2.27. The summed E-state index contributed by atoms with van der Waals surface area (Å²) in [5.41, 5.74) is 0.923. The first-order chi connectivity index (χ1) is 14.3. The van der Waals surface area contributed by atoms with Crippen LogP contribution in [0.4, 0.5) is 5.69 Å². The van der Waals surface area contributed by atoms with E-state index in [0.29, 0.717) is 11.4 Å². The van der Waals surface area contributed by atoms with Gasteiger partial charge in [-0.15, -0.1) is 0 Å². The van der Waals surface area contributed by atoms with Crippen molar-refractivity contribution in [3.63, 3.8) is 0 Å². The average Bonchev–Trinajstić information content (AvgIpc) is 2.98. The Morgan fingerprint density at radius 2 is 1.53 bits per heavy atom. The first kappa shape index (κ1) is 21.0. The maximum atomic E-state index is 12.7. The van der Waals surface area contributed by atoms with Crippen LogP contribution in [0, 0.1) is 5.92 Å². The van der Waals surface area contributed by atoms with Crippen LogP contribution in [-0.2, 0) is 14.3 Å². The number of esters is 1. The number of benzene rings is 2. The number of carbonyl (C=O) groups is 4. The number of nitrogens with zero attached hydrogens (tertiary/aromatic N) is 1. The van der Waals surface area contributed by atoms with Crippen LogP contribution in [0.15, 0.2) is 48.5 Å². The summed E-state index contributed by atoms with van der Waals surface area (Å²) in [4.78, 5) is 51.3. The Balaban J connectivity index is 1.69. The summed E-state index contributed by atoms with van der Waals surface area (Å²) < 4.78 is 10.3. The molecule has 1 aliphatic rings. The van der Waals surface area contributed by atoms with Gasteiger partial charge < -0.3 is 14.8 Å². The van der Waals surface area contributed by atoms with Crippen LogP contribution >= 0.6 is 0 Å². The van der Waals surface area contributed by atoms with E-state index in [1.54, 1.807) is 62.4 Å². The van der Waals surface area contributed by atoms with E-state index in [-0.39, 0.29) is 11.1 Å². The zero-order valence-electron chi connectivity index (χ0n) is 16.9. The van der Waals surface area contributed by atoms with E-state index in [4.69, 9.17) is 9.47 Å². The van der Waals surface area contributed by atoms with Gasteiger partial charge in [-0.2, -0.15) is 0 Å². The second-order valence-corrected chi connectivity index (χ2v) is 7.07. The fourth-order valence-corrected chi connectivity index (χ4v) is 3.29. The third kappa shape index (κ3) is 4.03. The maximum absolute atomic E-state index is 12.7. The normalized spacial score (nSPS) is 13.8. The molecule has 2 aromatic rings. The van der Waals surface area contributed by atoms with Crippen molar-refractivity contribution in [2.45, 2.75) is 19.9 Å². The van der Waals surface area contributed by atoms with E-state index in [0.717, 1.165) is 4.90 Å². The van der Waals surface area contributed by atoms with E-state index < -0.39 is 42.3 Å². The van der Waals surface area contributed by atoms with Gasteiger partial charge in [0.05, 0.1) is 23.9 Å². The highest BCUT2D eigenvalue weighted by Gasteiger charge is 2.44. The van der Waals surface area contributed by atoms with Gasteiger partial charge in [-0.1, -0.05) is 38.1 Å². The van der Waals surface area contributed by atoms with Gasteiger partial charge in [-0.05, 0) is 30.2 Å². The van der Waals surface area contributed by atoms with Crippen molar-refractivity contribution in [1.29, 1.82) is 0 Å². The molecule has 0 radical (unpaired) electrons. The molecule has 0 fully saturated rings. The van der Waals surface area contributed by atoms with Gasteiger partial charge in [0.15, 0.2) is 6.61 Å². The van der Waals surface area contributed by atoms with Crippen LogP contribution in [0.5, 0.6) is 5.75 Å². The summed E-state index contributed by atoms with van der Waals surface area (Å²) in [6.07, 6.45) is 0. The van der Waals surface area contributed by atoms with Gasteiger partial charge in [0, 0.05) is 0 Å². The SMILES string of the molecule is COc1ccccc1NC(=O)COC(=O)[C@@H](C(C)C)N1C(=O)c2ccccc2C1=O. The topological polar surface area (TPSA) is 102 Å². The van der Waals surface area contributed by atoms with Crippen LogP contribution in [0.25, 0.3) is 0 Å². The van der Waals surface area contributed by atoms with Gasteiger partial charge >= 0.3 is 5.97 Å². The number of methoxy groups -OCH3 is 1. The number of hydrogen-bond acceptors (Lipinski definition) is 6. The molecule has 0 aromatic heterocycles. The standard InChI is InChI=1S/C22H22N2O6/c1-13(2)19(24-20(26)14-8-4-5-9-15(14)21(24)27)22(28)30-12-18(25)23-16-10-6-7-11-17(16)29-3/h4-11,13,19H,12H2,1-3H3,(H,23,25)/t19-/m1/s1. The molecule has 8 nitrogen and oxygen atoms in total. The van der Waals surface area contributed by atoms with Crippen molar-refractivity contribution < 1.29 is 28.7 Å². The lowest BCUT2D eigenvalue weighted by atomic mass is 10.0.